The molecule has 6 heteroatoms. The van der Waals surface area contributed by atoms with Gasteiger partial charge in [0, 0.05) is 15.7 Å². The van der Waals surface area contributed by atoms with Gasteiger partial charge in [0.15, 0.2) is 0 Å². The number of H-pyrrole nitrogens is 1. The van der Waals surface area contributed by atoms with E-state index < -0.39 is 11.4 Å². The molecular weight excluding hydrogens is 379 g/mol. The van der Waals surface area contributed by atoms with Crippen molar-refractivity contribution in [1.82, 2.24) is 4.98 Å². The van der Waals surface area contributed by atoms with Gasteiger partial charge in [-0.3, -0.25) is 4.79 Å². The monoisotopic (exact) mass is 384 g/mol. The van der Waals surface area contributed by atoms with Crippen LogP contribution in [0.15, 0.2) is 31.9 Å². The van der Waals surface area contributed by atoms with E-state index in [-0.39, 0.29) is 10.0 Å². The first-order chi connectivity index (χ1) is 8.93. The fraction of sp³-hybridized carbons (Fsp3) is 0.0769. The van der Waals surface area contributed by atoms with Crippen molar-refractivity contribution in [3.63, 3.8) is 0 Å². The number of hydrogen-bond donors (Lipinski definition) is 1. The molecule has 2 aromatic rings. The molecule has 1 N–H and O–H groups in total. The van der Waals surface area contributed by atoms with E-state index in [9.17, 15) is 9.18 Å². The van der Waals surface area contributed by atoms with Crippen molar-refractivity contribution in [1.29, 1.82) is 5.26 Å². The van der Waals surface area contributed by atoms with Crippen LogP contribution in [0, 0.1) is 24.1 Å². The molecule has 96 valence electrons. The highest BCUT2D eigenvalue weighted by Crippen LogP contribution is 2.33. The molecule has 1 aromatic carbocycles. The predicted octanol–water partition coefficient (Wildman–Crippen LogP) is 3.89. The van der Waals surface area contributed by atoms with Crippen LogP contribution in [0.2, 0.25) is 0 Å². The average Bonchev–Trinajstić information content (AvgIpc) is 2.33. The van der Waals surface area contributed by atoms with Crippen molar-refractivity contribution in [3.8, 4) is 17.2 Å². The molecule has 0 aliphatic carbocycles. The van der Waals surface area contributed by atoms with Gasteiger partial charge in [-0.2, -0.15) is 5.26 Å². The molecule has 1 aromatic heterocycles. The van der Waals surface area contributed by atoms with Gasteiger partial charge in [0.05, 0.1) is 4.47 Å². The molecule has 0 unspecified atom stereocenters. The lowest BCUT2D eigenvalue weighted by atomic mass is 10.0. The van der Waals surface area contributed by atoms with E-state index in [0.29, 0.717) is 21.3 Å². The molecule has 3 nitrogen and oxygen atoms in total. The average molecular weight is 386 g/mol. The minimum Gasteiger partial charge on any atom is -0.325 e. The Kier molecular flexibility index (Phi) is 3.88. The zero-order chi connectivity index (χ0) is 14.2. The third-order valence-electron chi connectivity index (χ3n) is 2.58. The molecular formula is C13H7Br2FN2O. The van der Waals surface area contributed by atoms with E-state index in [1.165, 1.54) is 12.1 Å². The Morgan fingerprint density at radius 2 is 1.89 bits per heavy atom. The van der Waals surface area contributed by atoms with Gasteiger partial charge in [0.2, 0.25) is 0 Å². The summed E-state index contributed by atoms with van der Waals surface area (Å²) in [6.07, 6.45) is 0. The summed E-state index contributed by atoms with van der Waals surface area (Å²) >= 11 is 6.34. The van der Waals surface area contributed by atoms with Gasteiger partial charge in [0.25, 0.3) is 5.56 Å². The van der Waals surface area contributed by atoms with Gasteiger partial charge in [-0.05, 0) is 46.6 Å². The summed E-state index contributed by atoms with van der Waals surface area (Å²) < 4.78 is 14.2. The summed E-state index contributed by atoms with van der Waals surface area (Å²) in [5, 5.41) is 9.10. The van der Waals surface area contributed by atoms with Crippen LogP contribution in [-0.4, -0.2) is 4.98 Å². The van der Waals surface area contributed by atoms with Crippen molar-refractivity contribution in [3.05, 3.63) is 54.6 Å². The van der Waals surface area contributed by atoms with Crippen molar-refractivity contribution >= 4 is 31.9 Å². The molecule has 0 atom stereocenters. The summed E-state index contributed by atoms with van der Waals surface area (Å²) in [6.45, 7) is 1.72. The number of aromatic amines is 1. The third kappa shape index (κ3) is 2.62. The predicted molar refractivity (Wildman–Crippen MR) is 77.3 cm³/mol. The molecule has 0 radical (unpaired) electrons. The number of halogens is 3. The van der Waals surface area contributed by atoms with E-state index in [2.05, 4.69) is 36.8 Å². The second-order valence-electron chi connectivity index (χ2n) is 3.93. The van der Waals surface area contributed by atoms with Crippen LogP contribution in [0.25, 0.3) is 11.1 Å². The molecule has 0 saturated carbocycles. The number of rotatable bonds is 1. The highest BCUT2D eigenvalue weighted by atomic mass is 79.9. The van der Waals surface area contributed by atoms with E-state index in [1.54, 1.807) is 13.0 Å². The van der Waals surface area contributed by atoms with E-state index in [0.717, 1.165) is 0 Å². The van der Waals surface area contributed by atoms with Crippen LogP contribution in [0.3, 0.4) is 0 Å². The molecule has 1 heterocycles. The fourth-order valence-corrected chi connectivity index (χ4v) is 2.61. The van der Waals surface area contributed by atoms with Crippen LogP contribution in [0.4, 0.5) is 4.39 Å². The third-order valence-corrected chi connectivity index (χ3v) is 3.84. The maximum atomic E-state index is 13.4. The van der Waals surface area contributed by atoms with Crippen molar-refractivity contribution in [2.24, 2.45) is 0 Å². The molecule has 0 aliphatic rings. The summed E-state index contributed by atoms with van der Waals surface area (Å²) in [6, 6.07) is 6.39. The van der Waals surface area contributed by atoms with E-state index in [4.69, 9.17) is 5.26 Å². The normalized spacial score (nSPS) is 10.3. The summed E-state index contributed by atoms with van der Waals surface area (Å²) in [7, 11) is 0. The smallest absolute Gasteiger partial charge is 0.266 e. The Bertz CT molecular complexity index is 762. The number of pyridine rings is 1. The quantitative estimate of drug-likeness (QED) is 0.757. The second-order valence-corrected chi connectivity index (χ2v) is 5.64. The Balaban J connectivity index is 2.83. The lowest BCUT2D eigenvalue weighted by Crippen LogP contribution is -2.12. The Labute approximate surface area is 125 Å². The van der Waals surface area contributed by atoms with Crippen molar-refractivity contribution in [2.45, 2.75) is 6.92 Å². The molecule has 0 spiro atoms. The second kappa shape index (κ2) is 5.27. The van der Waals surface area contributed by atoms with Crippen LogP contribution in [-0.2, 0) is 0 Å². The molecule has 19 heavy (non-hydrogen) atoms. The van der Waals surface area contributed by atoms with Gasteiger partial charge in [-0.15, -0.1) is 0 Å². The first kappa shape index (κ1) is 14.0. The summed E-state index contributed by atoms with van der Waals surface area (Å²) in [4.78, 5) is 14.3. The number of aromatic nitrogens is 1. The number of nitrogens with one attached hydrogen (secondary N) is 1. The van der Waals surface area contributed by atoms with Crippen molar-refractivity contribution in [2.75, 3.05) is 0 Å². The molecule has 2 rings (SSSR count). The molecule has 0 saturated heterocycles. The number of hydrogen-bond acceptors (Lipinski definition) is 2. The zero-order valence-electron chi connectivity index (χ0n) is 9.72. The van der Waals surface area contributed by atoms with Gasteiger partial charge < -0.3 is 4.98 Å². The van der Waals surface area contributed by atoms with Crippen molar-refractivity contribution < 1.29 is 4.39 Å². The first-order valence-corrected chi connectivity index (χ1v) is 6.81. The molecule has 0 fully saturated rings. The molecule has 0 bridgehead atoms. The lowest BCUT2D eigenvalue weighted by Gasteiger charge is -2.09. The van der Waals surface area contributed by atoms with Crippen LogP contribution in [0.1, 0.15) is 11.3 Å². The summed E-state index contributed by atoms with van der Waals surface area (Å²) in [5.41, 5.74) is 1.23. The van der Waals surface area contributed by atoms with Gasteiger partial charge in [-0.25, -0.2) is 4.39 Å². The Hall–Kier alpha value is -1.45. The van der Waals surface area contributed by atoms with Gasteiger partial charge >= 0.3 is 0 Å². The topological polar surface area (TPSA) is 56.6 Å². The maximum absolute atomic E-state index is 13.4. The van der Waals surface area contributed by atoms with Gasteiger partial charge in [-0.1, -0.05) is 15.9 Å². The lowest BCUT2D eigenvalue weighted by molar-refractivity contribution is 0.620. The Morgan fingerprint density at radius 3 is 2.53 bits per heavy atom. The minimum absolute atomic E-state index is 0.00445. The maximum Gasteiger partial charge on any atom is 0.266 e. The van der Waals surface area contributed by atoms with E-state index >= 15 is 0 Å². The Morgan fingerprint density at radius 1 is 1.21 bits per heavy atom. The molecule has 0 amide bonds. The van der Waals surface area contributed by atoms with Crippen LogP contribution < -0.4 is 5.56 Å². The van der Waals surface area contributed by atoms with Crippen LogP contribution >= 0.6 is 31.9 Å². The summed E-state index contributed by atoms with van der Waals surface area (Å²) in [5.74, 6) is -0.421. The minimum atomic E-state index is -0.454. The number of nitriles is 1. The number of benzene rings is 1. The standard InChI is InChI=1S/C13H7Br2FN2O/c1-6-2-7(9(5-17)13(19)18-6)8-3-11(15)12(16)4-10(8)14/h2-4H,1H3,(H,18,19). The molecule has 0 aliphatic heterocycles. The number of nitrogens with zero attached hydrogens (tertiary/aromatic N) is 1. The largest absolute Gasteiger partial charge is 0.325 e. The highest BCUT2D eigenvalue weighted by Gasteiger charge is 2.15. The van der Waals surface area contributed by atoms with E-state index in [1.807, 2.05) is 6.07 Å². The fourth-order valence-electron chi connectivity index (χ4n) is 1.74. The van der Waals surface area contributed by atoms with Gasteiger partial charge in [0.1, 0.15) is 17.4 Å². The SMILES string of the molecule is Cc1cc(-c2cc(Br)c(F)cc2Br)c(C#N)c(=O)[nH]1. The van der Waals surface area contributed by atoms with Crippen LogP contribution in [0.5, 0.6) is 0 Å². The number of aryl methyl sites for hydroxylation is 1. The zero-order valence-corrected chi connectivity index (χ0v) is 12.9. The first-order valence-electron chi connectivity index (χ1n) is 5.23. The highest BCUT2D eigenvalue weighted by molar-refractivity contribution is 9.11.